The number of nitrogens with two attached hydrogens (primary N) is 1. The summed E-state index contributed by atoms with van der Waals surface area (Å²) in [6.45, 7) is 0.763. The first-order valence-electron chi connectivity index (χ1n) is 4.11. The number of carboxylic acid groups (broad SMARTS) is 1. The molecule has 14 heavy (non-hydrogen) atoms. The van der Waals surface area contributed by atoms with Gasteiger partial charge in [-0.1, -0.05) is 0 Å². The number of aromatic nitrogens is 1. The predicted molar refractivity (Wildman–Crippen MR) is 53.2 cm³/mol. The number of amides is 1. The SMILES string of the molecule is Nc1cccnc1NCCNC(=O)O. The molecule has 0 saturated carbocycles. The highest BCUT2D eigenvalue weighted by Crippen LogP contribution is 2.11. The lowest BCUT2D eigenvalue weighted by atomic mass is 10.4. The van der Waals surface area contributed by atoms with Gasteiger partial charge in [0.1, 0.15) is 5.82 Å². The van der Waals surface area contributed by atoms with Gasteiger partial charge in [-0.05, 0) is 12.1 Å². The van der Waals surface area contributed by atoms with Gasteiger partial charge in [0.15, 0.2) is 0 Å². The second-order valence-corrected chi connectivity index (χ2v) is 2.60. The van der Waals surface area contributed by atoms with Crippen molar-refractivity contribution >= 4 is 17.6 Å². The number of nitrogens with one attached hydrogen (secondary N) is 2. The van der Waals surface area contributed by atoms with E-state index in [1.54, 1.807) is 18.3 Å². The van der Waals surface area contributed by atoms with Crippen LogP contribution < -0.4 is 16.4 Å². The van der Waals surface area contributed by atoms with Crippen molar-refractivity contribution in [2.45, 2.75) is 0 Å². The Morgan fingerprint density at radius 1 is 1.57 bits per heavy atom. The van der Waals surface area contributed by atoms with Gasteiger partial charge in [-0.2, -0.15) is 0 Å². The van der Waals surface area contributed by atoms with Crippen molar-refractivity contribution in [2.75, 3.05) is 24.1 Å². The molecule has 0 unspecified atom stereocenters. The molecule has 6 nitrogen and oxygen atoms in total. The van der Waals surface area contributed by atoms with Gasteiger partial charge < -0.3 is 21.5 Å². The van der Waals surface area contributed by atoms with E-state index in [9.17, 15) is 4.79 Å². The van der Waals surface area contributed by atoms with Crippen LogP contribution >= 0.6 is 0 Å². The lowest BCUT2D eigenvalue weighted by Crippen LogP contribution is -2.27. The van der Waals surface area contributed by atoms with Crippen LogP contribution in [0.15, 0.2) is 18.3 Å². The van der Waals surface area contributed by atoms with E-state index in [1.165, 1.54) is 0 Å². The van der Waals surface area contributed by atoms with Gasteiger partial charge in [-0.3, -0.25) is 0 Å². The Morgan fingerprint density at radius 3 is 3.00 bits per heavy atom. The molecule has 1 rings (SSSR count). The Hall–Kier alpha value is -1.98. The largest absolute Gasteiger partial charge is 0.465 e. The number of anilines is 2. The molecule has 5 N–H and O–H groups in total. The molecule has 0 bridgehead atoms. The van der Waals surface area contributed by atoms with E-state index in [1.807, 2.05) is 0 Å². The predicted octanol–water partition coefficient (Wildman–Crippen LogP) is 0.343. The summed E-state index contributed by atoms with van der Waals surface area (Å²) < 4.78 is 0. The molecule has 0 atom stereocenters. The third kappa shape index (κ3) is 3.18. The second-order valence-electron chi connectivity index (χ2n) is 2.60. The second kappa shape index (κ2) is 4.90. The van der Waals surface area contributed by atoms with Crippen LogP contribution in [0.25, 0.3) is 0 Å². The first-order valence-corrected chi connectivity index (χ1v) is 4.11. The molecule has 1 aromatic heterocycles. The minimum atomic E-state index is -1.04. The third-order valence-electron chi connectivity index (χ3n) is 1.53. The van der Waals surface area contributed by atoms with E-state index in [0.29, 0.717) is 24.6 Å². The van der Waals surface area contributed by atoms with Crippen molar-refractivity contribution in [1.82, 2.24) is 10.3 Å². The quantitative estimate of drug-likeness (QED) is 0.520. The van der Waals surface area contributed by atoms with E-state index < -0.39 is 6.09 Å². The summed E-state index contributed by atoms with van der Waals surface area (Å²) in [4.78, 5) is 14.1. The molecular formula is C8H12N4O2. The minimum Gasteiger partial charge on any atom is -0.465 e. The van der Waals surface area contributed by atoms with Crippen molar-refractivity contribution in [3.05, 3.63) is 18.3 Å². The fourth-order valence-corrected chi connectivity index (χ4v) is 0.916. The molecule has 1 heterocycles. The molecule has 1 amide bonds. The Morgan fingerprint density at radius 2 is 2.36 bits per heavy atom. The van der Waals surface area contributed by atoms with E-state index >= 15 is 0 Å². The molecule has 0 radical (unpaired) electrons. The highest BCUT2D eigenvalue weighted by atomic mass is 16.4. The molecule has 0 saturated heterocycles. The number of carbonyl (C=O) groups is 1. The highest BCUT2D eigenvalue weighted by Gasteiger charge is 1.97. The van der Waals surface area contributed by atoms with E-state index in [-0.39, 0.29) is 0 Å². The van der Waals surface area contributed by atoms with E-state index in [2.05, 4.69) is 15.6 Å². The highest BCUT2D eigenvalue weighted by molar-refractivity contribution is 5.64. The van der Waals surface area contributed by atoms with Crippen LogP contribution in [0.2, 0.25) is 0 Å². The maximum atomic E-state index is 10.1. The molecular weight excluding hydrogens is 184 g/mol. The zero-order chi connectivity index (χ0) is 10.4. The summed E-state index contributed by atoms with van der Waals surface area (Å²) in [6.07, 6.45) is 0.573. The van der Waals surface area contributed by atoms with Crippen LogP contribution in [0, 0.1) is 0 Å². The van der Waals surface area contributed by atoms with E-state index in [4.69, 9.17) is 10.8 Å². The summed E-state index contributed by atoms with van der Waals surface area (Å²) in [5, 5.41) is 13.4. The number of nitrogen functional groups attached to an aromatic ring is 1. The van der Waals surface area contributed by atoms with Gasteiger partial charge in [0.25, 0.3) is 0 Å². The maximum Gasteiger partial charge on any atom is 0.404 e. The van der Waals surface area contributed by atoms with Gasteiger partial charge in [-0.15, -0.1) is 0 Å². The summed E-state index contributed by atoms with van der Waals surface area (Å²) in [5.74, 6) is 0.569. The van der Waals surface area contributed by atoms with Gasteiger partial charge in [0.2, 0.25) is 0 Å². The fourth-order valence-electron chi connectivity index (χ4n) is 0.916. The third-order valence-corrected chi connectivity index (χ3v) is 1.53. The number of rotatable bonds is 4. The Balaban J connectivity index is 2.31. The van der Waals surface area contributed by atoms with Gasteiger partial charge in [-0.25, -0.2) is 9.78 Å². The van der Waals surface area contributed by atoms with Crippen molar-refractivity contribution < 1.29 is 9.90 Å². The number of nitrogens with zero attached hydrogens (tertiary/aromatic N) is 1. The molecule has 0 aromatic carbocycles. The number of hydrogen-bond acceptors (Lipinski definition) is 4. The molecule has 0 aliphatic carbocycles. The number of pyridine rings is 1. The molecule has 6 heteroatoms. The molecule has 0 aliphatic rings. The molecule has 1 aromatic rings. The van der Waals surface area contributed by atoms with Gasteiger partial charge in [0, 0.05) is 19.3 Å². The van der Waals surface area contributed by atoms with Crippen LogP contribution in [0.3, 0.4) is 0 Å². The lowest BCUT2D eigenvalue weighted by Gasteiger charge is -2.06. The first-order chi connectivity index (χ1) is 6.70. The average Bonchev–Trinajstić information content (AvgIpc) is 2.15. The molecule has 0 aliphatic heterocycles. The summed E-state index contributed by atoms with van der Waals surface area (Å²) >= 11 is 0. The Bertz CT molecular complexity index is 316. The number of hydrogen-bond donors (Lipinski definition) is 4. The van der Waals surface area contributed by atoms with Crippen LogP contribution in [0.5, 0.6) is 0 Å². The Kier molecular flexibility index (Phi) is 3.54. The lowest BCUT2D eigenvalue weighted by molar-refractivity contribution is 0.195. The monoisotopic (exact) mass is 196 g/mol. The van der Waals surface area contributed by atoms with Crippen molar-refractivity contribution in [2.24, 2.45) is 0 Å². The van der Waals surface area contributed by atoms with E-state index in [0.717, 1.165) is 0 Å². The first kappa shape index (κ1) is 10.1. The van der Waals surface area contributed by atoms with Crippen molar-refractivity contribution in [3.8, 4) is 0 Å². The molecule has 0 spiro atoms. The molecule has 76 valence electrons. The summed E-state index contributed by atoms with van der Waals surface area (Å²) in [7, 11) is 0. The minimum absolute atomic E-state index is 0.311. The van der Waals surface area contributed by atoms with Crippen LogP contribution in [0.4, 0.5) is 16.3 Å². The van der Waals surface area contributed by atoms with Gasteiger partial charge >= 0.3 is 6.09 Å². The summed E-state index contributed by atoms with van der Waals surface area (Å²) in [5.41, 5.74) is 6.15. The zero-order valence-corrected chi connectivity index (χ0v) is 7.53. The van der Waals surface area contributed by atoms with Crippen molar-refractivity contribution in [3.63, 3.8) is 0 Å². The maximum absolute atomic E-state index is 10.1. The van der Waals surface area contributed by atoms with Crippen LogP contribution in [-0.4, -0.2) is 29.3 Å². The summed E-state index contributed by atoms with van der Waals surface area (Å²) in [6, 6.07) is 3.45. The smallest absolute Gasteiger partial charge is 0.404 e. The molecule has 0 fully saturated rings. The van der Waals surface area contributed by atoms with Crippen LogP contribution in [-0.2, 0) is 0 Å². The fraction of sp³-hybridized carbons (Fsp3) is 0.250. The van der Waals surface area contributed by atoms with Gasteiger partial charge in [0.05, 0.1) is 5.69 Å². The standard InChI is InChI=1S/C8H12N4O2/c9-6-2-1-3-10-7(6)11-4-5-12-8(13)14/h1-3,12H,4-5,9H2,(H,10,11)(H,13,14). The van der Waals surface area contributed by atoms with Crippen LogP contribution in [0.1, 0.15) is 0 Å². The Labute approximate surface area is 81.1 Å². The zero-order valence-electron chi connectivity index (χ0n) is 7.53. The van der Waals surface area contributed by atoms with Crippen molar-refractivity contribution in [1.29, 1.82) is 0 Å². The average molecular weight is 196 g/mol. The normalized spacial score (nSPS) is 9.43. The topological polar surface area (TPSA) is 100 Å².